The van der Waals surface area contributed by atoms with Gasteiger partial charge in [0.2, 0.25) is 5.91 Å². The van der Waals surface area contributed by atoms with Crippen molar-refractivity contribution >= 4 is 5.91 Å². The standard InChI is InChI=1S/C23H32N2O2/c1-18(26)25-16-21-10-5-6-12-22(21)27-23(17-25)20-11-7-13-24(15-20)14-19-8-3-2-4-9-19/h2-3,5-6,10,12,19-20,23H,4,7-9,11,13-17H2,1H3/t19-,20+,23-/m0/s1. The van der Waals surface area contributed by atoms with E-state index in [9.17, 15) is 4.79 Å². The maximum atomic E-state index is 12.2. The van der Waals surface area contributed by atoms with Crippen LogP contribution in [0.25, 0.3) is 0 Å². The van der Waals surface area contributed by atoms with E-state index in [4.69, 9.17) is 4.74 Å². The number of hydrogen-bond donors (Lipinski definition) is 0. The summed E-state index contributed by atoms with van der Waals surface area (Å²) in [4.78, 5) is 16.8. The van der Waals surface area contributed by atoms with E-state index in [-0.39, 0.29) is 12.0 Å². The number of benzene rings is 1. The van der Waals surface area contributed by atoms with Crippen molar-refractivity contribution in [1.29, 1.82) is 0 Å². The van der Waals surface area contributed by atoms with E-state index < -0.39 is 0 Å². The lowest BCUT2D eigenvalue weighted by atomic mass is 9.89. The molecule has 27 heavy (non-hydrogen) atoms. The lowest BCUT2D eigenvalue weighted by Crippen LogP contribution is -2.47. The molecule has 1 amide bonds. The number of allylic oxidation sites excluding steroid dienone is 2. The van der Waals surface area contributed by atoms with Gasteiger partial charge in [-0.25, -0.2) is 0 Å². The quantitative estimate of drug-likeness (QED) is 0.760. The molecule has 3 aliphatic rings. The Balaban J connectivity index is 1.45. The van der Waals surface area contributed by atoms with Crippen LogP contribution in [0.5, 0.6) is 5.75 Å². The molecule has 4 rings (SSSR count). The normalized spacial score (nSPS) is 28.9. The molecule has 3 atom stereocenters. The average Bonchev–Trinajstić information content (AvgIpc) is 2.89. The maximum Gasteiger partial charge on any atom is 0.219 e. The van der Waals surface area contributed by atoms with Crippen molar-refractivity contribution < 1.29 is 9.53 Å². The molecule has 1 aromatic rings. The van der Waals surface area contributed by atoms with E-state index in [0.29, 0.717) is 19.0 Å². The Bertz CT molecular complexity index is 687. The highest BCUT2D eigenvalue weighted by Crippen LogP contribution is 2.31. The molecule has 0 aromatic heterocycles. The zero-order chi connectivity index (χ0) is 18.6. The fourth-order valence-corrected chi connectivity index (χ4v) is 4.87. The highest BCUT2D eigenvalue weighted by atomic mass is 16.5. The molecule has 1 aliphatic carbocycles. The summed E-state index contributed by atoms with van der Waals surface area (Å²) in [6.07, 6.45) is 11.0. The van der Waals surface area contributed by atoms with Crippen LogP contribution >= 0.6 is 0 Å². The number of para-hydroxylation sites is 1. The number of carbonyl (C=O) groups is 1. The number of fused-ring (bicyclic) bond motifs is 1. The first-order valence-corrected chi connectivity index (χ1v) is 10.6. The Labute approximate surface area is 163 Å². The molecule has 2 heterocycles. The third-order valence-electron chi connectivity index (χ3n) is 6.42. The number of nitrogens with zero attached hydrogens (tertiary/aromatic N) is 2. The molecule has 0 saturated carbocycles. The Morgan fingerprint density at radius 1 is 1.19 bits per heavy atom. The summed E-state index contributed by atoms with van der Waals surface area (Å²) < 4.78 is 6.48. The van der Waals surface area contributed by atoms with Gasteiger partial charge in [-0.3, -0.25) is 4.79 Å². The van der Waals surface area contributed by atoms with Gasteiger partial charge in [0, 0.05) is 38.0 Å². The molecule has 1 fully saturated rings. The molecule has 0 bridgehead atoms. The van der Waals surface area contributed by atoms with Crippen LogP contribution in [-0.4, -0.2) is 48.0 Å². The first-order valence-electron chi connectivity index (χ1n) is 10.6. The second-order valence-electron chi connectivity index (χ2n) is 8.48. The van der Waals surface area contributed by atoms with E-state index in [0.717, 1.165) is 23.8 Å². The van der Waals surface area contributed by atoms with Crippen molar-refractivity contribution in [2.24, 2.45) is 11.8 Å². The number of likely N-dealkylation sites (tertiary alicyclic amines) is 1. The van der Waals surface area contributed by atoms with Crippen molar-refractivity contribution in [1.82, 2.24) is 9.80 Å². The number of piperidine rings is 1. The van der Waals surface area contributed by atoms with Crippen LogP contribution in [0.2, 0.25) is 0 Å². The third-order valence-corrected chi connectivity index (χ3v) is 6.42. The van der Waals surface area contributed by atoms with Crippen LogP contribution in [-0.2, 0) is 11.3 Å². The Morgan fingerprint density at radius 3 is 2.89 bits per heavy atom. The maximum absolute atomic E-state index is 12.2. The minimum Gasteiger partial charge on any atom is -0.488 e. The van der Waals surface area contributed by atoms with Gasteiger partial charge in [-0.2, -0.15) is 0 Å². The molecule has 4 heteroatoms. The summed E-state index contributed by atoms with van der Waals surface area (Å²) in [7, 11) is 0. The zero-order valence-electron chi connectivity index (χ0n) is 16.5. The Hall–Kier alpha value is -1.81. The molecule has 2 aliphatic heterocycles. The van der Waals surface area contributed by atoms with Crippen molar-refractivity contribution in [3.05, 3.63) is 42.0 Å². The van der Waals surface area contributed by atoms with Crippen LogP contribution < -0.4 is 4.74 Å². The van der Waals surface area contributed by atoms with Crippen molar-refractivity contribution in [3.8, 4) is 5.75 Å². The number of rotatable bonds is 3. The van der Waals surface area contributed by atoms with Crippen LogP contribution in [0, 0.1) is 11.8 Å². The van der Waals surface area contributed by atoms with E-state index in [1.165, 1.54) is 45.2 Å². The smallest absolute Gasteiger partial charge is 0.219 e. The van der Waals surface area contributed by atoms with Gasteiger partial charge in [0.25, 0.3) is 0 Å². The molecule has 0 radical (unpaired) electrons. The molecule has 0 spiro atoms. The second kappa shape index (κ2) is 8.47. The third kappa shape index (κ3) is 4.55. The van der Waals surface area contributed by atoms with Gasteiger partial charge in [0.05, 0.1) is 6.54 Å². The van der Waals surface area contributed by atoms with E-state index in [1.807, 2.05) is 17.0 Å². The average molecular weight is 369 g/mol. The lowest BCUT2D eigenvalue weighted by Gasteiger charge is -2.39. The van der Waals surface area contributed by atoms with Gasteiger partial charge in [0.15, 0.2) is 0 Å². The molecule has 1 saturated heterocycles. The summed E-state index contributed by atoms with van der Waals surface area (Å²) in [5.41, 5.74) is 1.12. The SMILES string of the molecule is CC(=O)N1Cc2ccccc2O[C@H]([C@@H]2CCCN(C[C@H]3CC=CCC3)C2)C1. The molecular formula is C23H32N2O2. The number of carbonyl (C=O) groups excluding carboxylic acids is 1. The highest BCUT2D eigenvalue weighted by Gasteiger charge is 2.33. The van der Waals surface area contributed by atoms with E-state index in [1.54, 1.807) is 6.92 Å². The Kier molecular flexibility index (Phi) is 5.82. The largest absolute Gasteiger partial charge is 0.488 e. The minimum absolute atomic E-state index is 0.0894. The van der Waals surface area contributed by atoms with Crippen LogP contribution in [0.4, 0.5) is 0 Å². The van der Waals surface area contributed by atoms with Crippen LogP contribution in [0.1, 0.15) is 44.6 Å². The topological polar surface area (TPSA) is 32.8 Å². The highest BCUT2D eigenvalue weighted by molar-refractivity contribution is 5.73. The Morgan fingerprint density at radius 2 is 2.07 bits per heavy atom. The molecular weight excluding hydrogens is 336 g/mol. The summed E-state index contributed by atoms with van der Waals surface area (Å²) in [5.74, 6) is 2.40. The number of ether oxygens (including phenoxy) is 1. The van der Waals surface area contributed by atoms with Crippen molar-refractivity contribution in [3.63, 3.8) is 0 Å². The fourth-order valence-electron chi connectivity index (χ4n) is 4.87. The number of hydrogen-bond acceptors (Lipinski definition) is 3. The number of amides is 1. The second-order valence-corrected chi connectivity index (χ2v) is 8.48. The van der Waals surface area contributed by atoms with Gasteiger partial charge in [-0.05, 0) is 50.6 Å². The van der Waals surface area contributed by atoms with Gasteiger partial charge < -0.3 is 14.5 Å². The molecule has 146 valence electrons. The fraction of sp³-hybridized carbons (Fsp3) is 0.609. The van der Waals surface area contributed by atoms with Gasteiger partial charge in [-0.1, -0.05) is 30.4 Å². The van der Waals surface area contributed by atoms with Crippen molar-refractivity contribution in [2.75, 3.05) is 26.2 Å². The summed E-state index contributed by atoms with van der Waals surface area (Å²) in [6.45, 7) is 6.55. The minimum atomic E-state index is 0.0894. The van der Waals surface area contributed by atoms with Crippen LogP contribution in [0.15, 0.2) is 36.4 Å². The van der Waals surface area contributed by atoms with Gasteiger partial charge in [-0.15, -0.1) is 0 Å². The zero-order valence-corrected chi connectivity index (χ0v) is 16.5. The lowest BCUT2D eigenvalue weighted by molar-refractivity contribution is -0.130. The monoisotopic (exact) mass is 368 g/mol. The first-order chi connectivity index (χ1) is 13.2. The molecule has 0 unspecified atom stereocenters. The predicted octanol–water partition coefficient (Wildman–Crippen LogP) is 3.86. The van der Waals surface area contributed by atoms with E-state index in [2.05, 4.69) is 29.2 Å². The van der Waals surface area contributed by atoms with Crippen LogP contribution in [0.3, 0.4) is 0 Å². The molecule has 0 N–H and O–H groups in total. The predicted molar refractivity (Wildman–Crippen MR) is 108 cm³/mol. The summed E-state index contributed by atoms with van der Waals surface area (Å²) in [6, 6.07) is 8.20. The van der Waals surface area contributed by atoms with E-state index >= 15 is 0 Å². The van der Waals surface area contributed by atoms with Gasteiger partial charge in [0.1, 0.15) is 11.9 Å². The molecule has 1 aromatic carbocycles. The summed E-state index contributed by atoms with van der Waals surface area (Å²) in [5, 5.41) is 0. The van der Waals surface area contributed by atoms with Crippen molar-refractivity contribution in [2.45, 2.75) is 51.7 Å². The first kappa shape index (κ1) is 18.5. The molecule has 4 nitrogen and oxygen atoms in total. The van der Waals surface area contributed by atoms with Gasteiger partial charge >= 0.3 is 0 Å². The summed E-state index contributed by atoms with van der Waals surface area (Å²) >= 11 is 0.